The van der Waals surface area contributed by atoms with Crippen molar-refractivity contribution in [3.8, 4) is 5.75 Å². The minimum absolute atomic E-state index is 0.0606. The SMILES string of the molecule is O=Cc1c(F)cc2c(c1F)NC(N1CCC1)O2. The lowest BCUT2D eigenvalue weighted by Gasteiger charge is -2.34. The van der Waals surface area contributed by atoms with E-state index in [0.717, 1.165) is 25.6 Å². The monoisotopic (exact) mass is 240 g/mol. The number of anilines is 1. The Hall–Kier alpha value is -1.69. The van der Waals surface area contributed by atoms with Crippen LogP contribution in [0.2, 0.25) is 0 Å². The van der Waals surface area contributed by atoms with Crippen molar-refractivity contribution < 1.29 is 18.3 Å². The summed E-state index contributed by atoms with van der Waals surface area (Å²) in [4.78, 5) is 12.5. The van der Waals surface area contributed by atoms with Crippen LogP contribution in [0.15, 0.2) is 6.07 Å². The van der Waals surface area contributed by atoms with Crippen LogP contribution in [0, 0.1) is 11.6 Å². The Morgan fingerprint density at radius 1 is 1.47 bits per heavy atom. The third-order valence-electron chi connectivity index (χ3n) is 3.06. The van der Waals surface area contributed by atoms with Crippen LogP contribution in [0.4, 0.5) is 14.5 Å². The Bertz CT molecular complexity index is 489. The second-order valence-corrected chi connectivity index (χ2v) is 4.08. The minimum atomic E-state index is -0.901. The zero-order chi connectivity index (χ0) is 12.0. The largest absolute Gasteiger partial charge is 0.455 e. The van der Waals surface area contributed by atoms with E-state index in [1.807, 2.05) is 4.90 Å². The Balaban J connectivity index is 1.96. The van der Waals surface area contributed by atoms with E-state index in [4.69, 9.17) is 4.74 Å². The first kappa shape index (κ1) is 10.5. The highest BCUT2D eigenvalue weighted by molar-refractivity contribution is 5.80. The molecule has 2 heterocycles. The molecule has 0 bridgehead atoms. The van der Waals surface area contributed by atoms with E-state index in [1.165, 1.54) is 0 Å². The maximum atomic E-state index is 13.8. The van der Waals surface area contributed by atoms with Crippen LogP contribution in [0.3, 0.4) is 0 Å². The molecule has 2 aliphatic heterocycles. The highest BCUT2D eigenvalue weighted by atomic mass is 19.1. The molecule has 3 rings (SSSR count). The number of halogens is 2. The zero-order valence-corrected chi connectivity index (χ0v) is 8.87. The van der Waals surface area contributed by atoms with Gasteiger partial charge < -0.3 is 10.1 Å². The molecule has 1 aromatic carbocycles. The standard InChI is InChI=1S/C11H10F2N2O2/c12-7-4-8-10(9(13)6(7)5-16)14-11(17-8)15-2-1-3-15/h4-5,11,14H,1-3H2. The van der Waals surface area contributed by atoms with Gasteiger partial charge in [-0.1, -0.05) is 0 Å². The number of fused-ring (bicyclic) bond motifs is 1. The molecule has 0 spiro atoms. The molecule has 1 N–H and O–H groups in total. The van der Waals surface area contributed by atoms with Crippen LogP contribution in [-0.2, 0) is 0 Å². The number of aldehydes is 1. The lowest BCUT2D eigenvalue weighted by atomic mass is 10.1. The summed E-state index contributed by atoms with van der Waals surface area (Å²) in [5.74, 6) is -1.68. The predicted molar refractivity (Wildman–Crippen MR) is 56.0 cm³/mol. The van der Waals surface area contributed by atoms with Gasteiger partial charge in [0.1, 0.15) is 11.5 Å². The van der Waals surface area contributed by atoms with Gasteiger partial charge in [0.2, 0.25) is 6.35 Å². The van der Waals surface area contributed by atoms with Crippen LogP contribution in [0.1, 0.15) is 16.8 Å². The number of benzene rings is 1. The van der Waals surface area contributed by atoms with Crippen LogP contribution in [-0.4, -0.2) is 30.6 Å². The van der Waals surface area contributed by atoms with E-state index >= 15 is 0 Å². The number of nitrogens with zero attached hydrogens (tertiary/aromatic N) is 1. The quantitative estimate of drug-likeness (QED) is 0.797. The van der Waals surface area contributed by atoms with Crippen molar-refractivity contribution in [1.82, 2.24) is 4.90 Å². The van der Waals surface area contributed by atoms with Crippen molar-refractivity contribution in [2.24, 2.45) is 0 Å². The number of nitrogens with one attached hydrogen (secondary N) is 1. The second-order valence-electron chi connectivity index (χ2n) is 4.08. The summed E-state index contributed by atoms with van der Waals surface area (Å²) in [6.45, 7) is 1.71. The third kappa shape index (κ3) is 1.48. The van der Waals surface area contributed by atoms with Gasteiger partial charge in [-0.05, 0) is 6.42 Å². The minimum Gasteiger partial charge on any atom is -0.455 e. The van der Waals surface area contributed by atoms with Gasteiger partial charge in [-0.2, -0.15) is 0 Å². The Kier molecular flexibility index (Phi) is 2.25. The first-order valence-electron chi connectivity index (χ1n) is 5.35. The van der Waals surface area contributed by atoms with Crippen molar-refractivity contribution in [2.75, 3.05) is 18.4 Å². The summed E-state index contributed by atoms with van der Waals surface area (Å²) in [6, 6.07) is 1.04. The van der Waals surface area contributed by atoms with Gasteiger partial charge in [0.15, 0.2) is 17.9 Å². The molecular weight excluding hydrogens is 230 g/mol. The molecule has 0 aromatic heterocycles. The number of rotatable bonds is 2. The van der Waals surface area contributed by atoms with Gasteiger partial charge in [0, 0.05) is 19.2 Å². The summed E-state index contributed by atoms with van der Waals surface area (Å²) in [6.07, 6.45) is 0.771. The first-order valence-corrected chi connectivity index (χ1v) is 5.35. The predicted octanol–water partition coefficient (Wildman–Crippen LogP) is 1.57. The Labute approximate surface area is 96.2 Å². The van der Waals surface area contributed by atoms with Gasteiger partial charge in [-0.3, -0.25) is 9.69 Å². The molecule has 0 radical (unpaired) electrons. The first-order chi connectivity index (χ1) is 8.20. The van der Waals surface area contributed by atoms with Crippen LogP contribution < -0.4 is 10.1 Å². The highest BCUT2D eigenvalue weighted by Crippen LogP contribution is 2.38. The number of likely N-dealkylation sites (tertiary alicyclic amines) is 1. The molecule has 1 aromatic rings. The smallest absolute Gasteiger partial charge is 0.230 e. The average molecular weight is 240 g/mol. The maximum absolute atomic E-state index is 13.8. The average Bonchev–Trinajstić information content (AvgIpc) is 2.59. The normalized spacial score (nSPS) is 22.4. The van der Waals surface area contributed by atoms with E-state index in [-0.39, 0.29) is 17.7 Å². The van der Waals surface area contributed by atoms with Crippen molar-refractivity contribution in [2.45, 2.75) is 12.8 Å². The third-order valence-corrected chi connectivity index (χ3v) is 3.06. The van der Waals surface area contributed by atoms with Gasteiger partial charge in [0.25, 0.3) is 0 Å². The molecule has 17 heavy (non-hydrogen) atoms. The van der Waals surface area contributed by atoms with E-state index in [0.29, 0.717) is 0 Å². The van der Waals surface area contributed by atoms with Gasteiger partial charge in [-0.25, -0.2) is 8.78 Å². The van der Waals surface area contributed by atoms with Crippen molar-refractivity contribution in [3.63, 3.8) is 0 Å². The lowest BCUT2D eigenvalue weighted by molar-refractivity contribution is 0.0143. The molecule has 2 aliphatic rings. The molecule has 1 atom stereocenters. The molecular formula is C11H10F2N2O2. The number of carbonyl (C=O) groups is 1. The number of hydrogen-bond donors (Lipinski definition) is 1. The topological polar surface area (TPSA) is 41.6 Å². The van der Waals surface area contributed by atoms with E-state index in [9.17, 15) is 13.6 Å². The number of ether oxygens (including phenoxy) is 1. The van der Waals surface area contributed by atoms with Crippen LogP contribution >= 0.6 is 0 Å². The van der Waals surface area contributed by atoms with E-state index < -0.39 is 23.5 Å². The molecule has 4 nitrogen and oxygen atoms in total. The van der Waals surface area contributed by atoms with Crippen molar-refractivity contribution in [1.29, 1.82) is 0 Å². The number of carbonyl (C=O) groups excluding carboxylic acids is 1. The fourth-order valence-electron chi connectivity index (χ4n) is 1.96. The summed E-state index contributed by atoms with van der Waals surface area (Å²) < 4.78 is 32.5. The zero-order valence-electron chi connectivity index (χ0n) is 8.87. The number of hydrogen-bond acceptors (Lipinski definition) is 4. The maximum Gasteiger partial charge on any atom is 0.230 e. The Morgan fingerprint density at radius 3 is 2.82 bits per heavy atom. The molecule has 6 heteroatoms. The van der Waals surface area contributed by atoms with Crippen molar-refractivity contribution in [3.05, 3.63) is 23.3 Å². The van der Waals surface area contributed by atoms with E-state index in [1.54, 1.807) is 0 Å². The molecule has 1 saturated heterocycles. The molecule has 90 valence electrons. The summed E-state index contributed by atoms with van der Waals surface area (Å²) in [5, 5.41) is 2.81. The fraction of sp³-hybridized carbons (Fsp3) is 0.364. The second kappa shape index (κ2) is 3.66. The lowest BCUT2D eigenvalue weighted by Crippen LogP contribution is -2.50. The Morgan fingerprint density at radius 2 is 2.24 bits per heavy atom. The molecule has 1 fully saturated rings. The molecule has 0 aliphatic carbocycles. The molecule has 0 saturated carbocycles. The highest BCUT2D eigenvalue weighted by Gasteiger charge is 2.34. The molecule has 0 amide bonds. The summed E-state index contributed by atoms with van der Waals surface area (Å²) in [7, 11) is 0. The van der Waals surface area contributed by atoms with Gasteiger partial charge in [0.05, 0.1) is 5.56 Å². The molecule has 1 unspecified atom stereocenters. The van der Waals surface area contributed by atoms with Gasteiger partial charge in [-0.15, -0.1) is 0 Å². The van der Waals surface area contributed by atoms with Crippen molar-refractivity contribution >= 4 is 12.0 Å². The van der Waals surface area contributed by atoms with Crippen LogP contribution in [0.5, 0.6) is 5.75 Å². The fourth-order valence-corrected chi connectivity index (χ4v) is 1.96. The van der Waals surface area contributed by atoms with Gasteiger partial charge >= 0.3 is 0 Å². The summed E-state index contributed by atoms with van der Waals surface area (Å²) >= 11 is 0. The van der Waals surface area contributed by atoms with Crippen LogP contribution in [0.25, 0.3) is 0 Å². The van der Waals surface area contributed by atoms with E-state index in [2.05, 4.69) is 5.32 Å². The summed E-state index contributed by atoms with van der Waals surface area (Å²) in [5.41, 5.74) is -0.505.